The zero-order chi connectivity index (χ0) is 87.4. The topological polar surface area (TPSA) is 205 Å². The van der Waals surface area contributed by atoms with Crippen LogP contribution in [-0.4, -0.2) is 153 Å². The Labute approximate surface area is 719 Å². The van der Waals surface area contributed by atoms with E-state index in [1.165, 1.54) is 26.0 Å². The van der Waals surface area contributed by atoms with Crippen LogP contribution >= 0.6 is 46.4 Å². The molecule has 4 bridgehead atoms. The molecule has 0 aliphatic carbocycles. The number of ether oxygens (including phenoxy) is 8. The van der Waals surface area contributed by atoms with Crippen LogP contribution in [0.3, 0.4) is 0 Å². The summed E-state index contributed by atoms with van der Waals surface area (Å²) in [6.07, 6.45) is -9.86. The zero-order valence-electron chi connectivity index (χ0n) is 69.1. The quantitative estimate of drug-likeness (QED) is 0.0651. The predicted octanol–water partition coefficient (Wildman–Crippen LogP) is 20.9. The first-order valence-corrected chi connectivity index (χ1v) is 41.1. The fourth-order valence-corrected chi connectivity index (χ4v) is 18.7. The van der Waals surface area contributed by atoms with Gasteiger partial charge in [-0.05, 0) is 212 Å². The van der Waals surface area contributed by atoms with Crippen molar-refractivity contribution in [3.05, 3.63) is 186 Å². The molecule has 0 radical (unpaired) electrons. The van der Waals surface area contributed by atoms with Gasteiger partial charge in [0.2, 0.25) is 10.6 Å². The number of rotatable bonds is 16. The molecule has 4 saturated heterocycles. The number of anilines is 4. The molecule has 8 atom stereocenters. The number of aromatic nitrogens is 6. The molecule has 34 heteroatoms. The van der Waals surface area contributed by atoms with Gasteiger partial charge in [-0.1, -0.05) is 71.7 Å². The van der Waals surface area contributed by atoms with Gasteiger partial charge in [0.15, 0.2) is 23.1 Å². The Kier molecular flexibility index (Phi) is 23.5. The van der Waals surface area contributed by atoms with Gasteiger partial charge >= 0.3 is 24.5 Å². The van der Waals surface area contributed by atoms with Gasteiger partial charge in [0, 0.05) is 39.3 Å². The van der Waals surface area contributed by atoms with Crippen molar-refractivity contribution in [2.24, 2.45) is 0 Å². The second-order valence-electron chi connectivity index (χ2n) is 33.2. The Morgan fingerprint density at radius 2 is 0.770 bits per heavy atom. The standard InChI is InChI=1S/2C44H44Cl2F4N6O5/c2*1-22-18-30(54(19-24-8-13-27(58-6)14-9-24)20-25-10-15-28(59-7)16-11-25)51-36(33(22)44(48,49)50)31-34(45)39-32-37(35(31)47)52-41(46)53-40(32)55-21-26-12-17-29(38(55)23(2)60-39)56(26)42(57)61-43(3,4)5/h2*8-11,13-16,18,23,26,29,38H,12,17,19-21H2,1-7H3/t2*23-,26+,29-,38+/m00/s1. The first-order valence-electron chi connectivity index (χ1n) is 39.6. The monoisotopic (exact) mass is 1760 g/mol. The first-order chi connectivity index (χ1) is 57.7. The molecule has 0 spiro atoms. The summed E-state index contributed by atoms with van der Waals surface area (Å²) >= 11 is 27.4. The molecule has 4 fully saturated rings. The smallest absolute Gasteiger partial charge is 0.418 e. The number of carbonyl (C=O) groups is 2. The number of carbonyl (C=O) groups excluding carboxylic acids is 2. The molecule has 644 valence electrons. The van der Waals surface area contributed by atoms with E-state index in [2.05, 4.69) is 29.9 Å². The van der Waals surface area contributed by atoms with Crippen molar-refractivity contribution in [2.75, 3.05) is 61.1 Å². The van der Waals surface area contributed by atoms with Gasteiger partial charge in [-0.2, -0.15) is 36.3 Å². The largest absolute Gasteiger partial charge is 0.497 e. The van der Waals surface area contributed by atoms with E-state index in [0.717, 1.165) is 22.3 Å². The molecule has 0 N–H and O–H groups in total. The molecular formula is C88H88Cl4F8N12O10. The third-order valence-electron chi connectivity index (χ3n) is 22.8. The van der Waals surface area contributed by atoms with E-state index in [0.29, 0.717) is 48.7 Å². The number of benzene rings is 6. The Balaban J connectivity index is 0.000000190. The van der Waals surface area contributed by atoms with E-state index in [9.17, 15) is 9.59 Å². The minimum Gasteiger partial charge on any atom is -0.497 e. The maximum absolute atomic E-state index is 17.5. The lowest BCUT2D eigenvalue weighted by Gasteiger charge is -2.48. The Hall–Kier alpha value is -10.6. The number of nitrogens with zero attached hydrogens (tertiary/aromatic N) is 12. The number of aryl methyl sites for hydroxylation is 2. The fraction of sp³-hybridized carbons (Fsp3) is 0.409. The van der Waals surface area contributed by atoms with Gasteiger partial charge in [-0.3, -0.25) is 9.80 Å². The van der Waals surface area contributed by atoms with Crippen LogP contribution in [0.5, 0.6) is 34.5 Å². The van der Waals surface area contributed by atoms with Crippen LogP contribution in [0.15, 0.2) is 109 Å². The summed E-state index contributed by atoms with van der Waals surface area (Å²) in [6.45, 7) is 18.3. The number of hydrogen-bond donors (Lipinski definition) is 0. The highest BCUT2D eigenvalue weighted by Gasteiger charge is 2.57. The molecule has 2 amide bonds. The number of fused-ring (bicyclic) bond motifs is 10. The van der Waals surface area contributed by atoms with E-state index < -0.39 is 127 Å². The second kappa shape index (κ2) is 33.3. The van der Waals surface area contributed by atoms with E-state index in [-0.39, 0.29) is 130 Å². The van der Waals surface area contributed by atoms with E-state index in [1.54, 1.807) is 152 Å². The van der Waals surface area contributed by atoms with Gasteiger partial charge in [0.25, 0.3) is 0 Å². The summed E-state index contributed by atoms with van der Waals surface area (Å²) in [7, 11) is 6.20. The molecule has 10 aromatic rings. The Morgan fingerprint density at radius 1 is 0.467 bits per heavy atom. The van der Waals surface area contributed by atoms with Crippen molar-refractivity contribution in [1.82, 2.24) is 39.7 Å². The van der Waals surface area contributed by atoms with Gasteiger partial charge < -0.3 is 57.5 Å². The molecule has 4 aromatic heterocycles. The van der Waals surface area contributed by atoms with E-state index in [1.807, 2.05) is 58.3 Å². The van der Waals surface area contributed by atoms with Crippen molar-refractivity contribution < 1.29 is 82.6 Å². The average Bonchev–Trinajstić information content (AvgIpc) is 1.44. The van der Waals surface area contributed by atoms with Crippen LogP contribution in [0.25, 0.3) is 44.3 Å². The van der Waals surface area contributed by atoms with E-state index >= 15 is 35.1 Å². The van der Waals surface area contributed by atoms with Crippen LogP contribution in [-0.2, 0) is 48.0 Å². The van der Waals surface area contributed by atoms with Crippen molar-refractivity contribution in [2.45, 2.75) is 193 Å². The number of halogens is 12. The molecule has 22 nitrogen and oxygen atoms in total. The van der Waals surface area contributed by atoms with Crippen molar-refractivity contribution in [3.63, 3.8) is 0 Å². The summed E-state index contributed by atoms with van der Waals surface area (Å²) < 4.78 is 173. The second-order valence-corrected chi connectivity index (χ2v) is 34.6. The highest BCUT2D eigenvalue weighted by molar-refractivity contribution is 6.37. The lowest BCUT2D eigenvalue weighted by molar-refractivity contribution is -0.138. The Morgan fingerprint density at radius 3 is 1.05 bits per heavy atom. The number of methoxy groups -OCH3 is 4. The average molecular weight is 1770 g/mol. The molecule has 6 aliphatic rings. The number of hydrogen-bond acceptors (Lipinski definition) is 20. The normalized spacial score (nSPS) is 19.6. The third-order valence-corrected chi connectivity index (χ3v) is 23.9. The van der Waals surface area contributed by atoms with Gasteiger partial charge in [-0.15, -0.1) is 0 Å². The fourth-order valence-electron chi connectivity index (χ4n) is 17.7. The van der Waals surface area contributed by atoms with Crippen molar-refractivity contribution in [3.8, 4) is 57.0 Å². The first kappa shape index (κ1) is 86.4. The number of pyridine rings is 2. The number of amides is 2. The molecule has 0 saturated carbocycles. The summed E-state index contributed by atoms with van der Waals surface area (Å²) in [5.74, 6) is 0.582. The highest BCUT2D eigenvalue weighted by Crippen LogP contribution is 2.56. The molecule has 16 rings (SSSR count). The summed E-state index contributed by atoms with van der Waals surface area (Å²) in [5, 5.41) is -1.45. The molecule has 6 aliphatic heterocycles. The third kappa shape index (κ3) is 16.7. The maximum atomic E-state index is 17.5. The summed E-state index contributed by atoms with van der Waals surface area (Å²) in [4.78, 5) is 65.0. The molecule has 0 unspecified atom stereocenters. The van der Waals surface area contributed by atoms with Crippen LogP contribution in [0.2, 0.25) is 20.6 Å². The molecule has 6 aromatic carbocycles. The Bertz CT molecular complexity index is 5250. The number of alkyl halides is 6. The SMILES string of the molecule is COc1ccc(CN(Cc2ccc(OC)cc2)c2cc(C)c(C(F)(F)F)c(-c3c(Cl)c4c5c(nc(Cl)nc5c3F)N3C[C@H]5CC[C@@H]([C@H]3[C@H](C)O4)N5C(=O)OC(C)(C)C)n2)cc1.COc1ccc(CN(Cc2ccc(OC)cc2)c2cc(C)c(C(F)(F)F)c(-c3c(Cl)c4c5c(nc(Cl)nc5c3F)N3C[C@H]5CC[C@@H]([C@H]3[C@H](C)O4)N5C(=O)OC(C)(C)C)n2)cc1. The predicted molar refractivity (Wildman–Crippen MR) is 449 cm³/mol. The molecule has 122 heavy (non-hydrogen) atoms. The molecular weight excluding hydrogens is 1680 g/mol. The van der Waals surface area contributed by atoms with Crippen molar-refractivity contribution in [1.29, 1.82) is 0 Å². The van der Waals surface area contributed by atoms with Gasteiger partial charge in [0.1, 0.15) is 80.7 Å². The van der Waals surface area contributed by atoms with Gasteiger partial charge in [0.05, 0.1) is 119 Å². The summed E-state index contributed by atoms with van der Waals surface area (Å²) in [5.41, 5.74) is -4.61. The van der Waals surface area contributed by atoms with Crippen molar-refractivity contribution >= 4 is 104 Å². The summed E-state index contributed by atoms with van der Waals surface area (Å²) in [6, 6.07) is 29.2. The minimum atomic E-state index is -4.99. The zero-order valence-corrected chi connectivity index (χ0v) is 72.1. The van der Waals surface area contributed by atoms with Crippen LogP contribution in [0.4, 0.5) is 68.0 Å². The number of piperazine rings is 2. The lowest BCUT2D eigenvalue weighted by Crippen LogP contribution is -2.65. The van der Waals surface area contributed by atoms with E-state index in [4.69, 9.17) is 84.3 Å². The van der Waals surface area contributed by atoms with Crippen LogP contribution < -0.4 is 48.0 Å². The highest BCUT2D eigenvalue weighted by atomic mass is 35.5. The minimum absolute atomic E-state index is 0.0530. The van der Waals surface area contributed by atoms with Crippen LogP contribution in [0.1, 0.15) is 126 Å². The van der Waals surface area contributed by atoms with Gasteiger partial charge in [-0.25, -0.2) is 38.3 Å². The maximum Gasteiger partial charge on any atom is 0.418 e. The lowest BCUT2D eigenvalue weighted by atomic mass is 9.97. The molecule has 10 heterocycles. The van der Waals surface area contributed by atoms with Crippen LogP contribution in [0, 0.1) is 25.5 Å².